The Morgan fingerprint density at radius 1 is 0.975 bits per heavy atom. The molecular formula is C31H28N2O5S2. The zero-order valence-electron chi connectivity index (χ0n) is 21.7. The molecule has 0 unspecified atom stereocenters. The molecule has 0 aliphatic heterocycles. The summed E-state index contributed by atoms with van der Waals surface area (Å²) >= 11 is 3.39. The van der Waals surface area contributed by atoms with E-state index in [0.717, 1.165) is 43.4 Å². The van der Waals surface area contributed by atoms with Gasteiger partial charge in [0.15, 0.2) is 4.34 Å². The van der Waals surface area contributed by atoms with Crippen LogP contribution in [0, 0.1) is 0 Å². The van der Waals surface area contributed by atoms with E-state index < -0.39 is 11.9 Å². The van der Waals surface area contributed by atoms with Crippen molar-refractivity contribution in [2.24, 2.45) is 0 Å². The number of fused-ring (bicyclic) bond motifs is 2. The Balaban J connectivity index is 1.22. The number of thiazole rings is 1. The standard InChI is InChI=1S/C31H28N2O5S2/c34-28(35)9-4-16-33-20-23(19-29(36)37)30-22(5-3-7-26(30)33)13-10-21-11-14-24(15-12-21)38-17-18-39-31-32-25-6-1-2-8-27(25)40-31/h1-3,5-8,10-15,20H,4,9,16-19H2,(H,34,35)(H,36,37)/b13-10+. The predicted octanol–water partition coefficient (Wildman–Crippen LogP) is 7.08. The number of aliphatic carboxylic acids is 2. The van der Waals surface area contributed by atoms with E-state index in [-0.39, 0.29) is 12.8 Å². The molecule has 204 valence electrons. The van der Waals surface area contributed by atoms with E-state index in [2.05, 4.69) is 11.1 Å². The zero-order chi connectivity index (χ0) is 27.9. The lowest BCUT2D eigenvalue weighted by molar-refractivity contribution is -0.137. The minimum Gasteiger partial charge on any atom is -0.493 e. The third-order valence-electron chi connectivity index (χ3n) is 6.34. The van der Waals surface area contributed by atoms with Gasteiger partial charge in [0.05, 0.1) is 23.2 Å². The van der Waals surface area contributed by atoms with E-state index >= 15 is 0 Å². The molecular weight excluding hydrogens is 544 g/mol. The number of benzene rings is 3. The van der Waals surface area contributed by atoms with Gasteiger partial charge in [-0.1, -0.05) is 60.3 Å². The SMILES string of the molecule is O=C(O)CCCn1cc(CC(=O)O)c2c(/C=C/c3ccc(OCCSc4nc5ccccc5s4)cc3)cccc21. The Bertz CT molecular complexity index is 1640. The lowest BCUT2D eigenvalue weighted by Gasteiger charge is -2.06. The van der Waals surface area contributed by atoms with Crippen molar-refractivity contribution >= 4 is 68.3 Å². The van der Waals surface area contributed by atoms with Crippen LogP contribution < -0.4 is 4.74 Å². The number of para-hydroxylation sites is 1. The van der Waals surface area contributed by atoms with Gasteiger partial charge < -0.3 is 19.5 Å². The second-order valence-corrected chi connectivity index (χ2v) is 11.6. The molecule has 2 heterocycles. The molecule has 0 saturated heterocycles. The molecule has 0 spiro atoms. The van der Waals surface area contributed by atoms with Gasteiger partial charge in [0.2, 0.25) is 0 Å². The van der Waals surface area contributed by atoms with Crippen molar-refractivity contribution in [3.05, 3.63) is 89.6 Å². The normalized spacial score (nSPS) is 11.5. The molecule has 7 nitrogen and oxygen atoms in total. The van der Waals surface area contributed by atoms with Gasteiger partial charge in [-0.25, -0.2) is 4.98 Å². The van der Waals surface area contributed by atoms with Gasteiger partial charge in [-0.05, 0) is 53.4 Å². The average Bonchev–Trinajstić information content (AvgIpc) is 3.51. The lowest BCUT2D eigenvalue weighted by atomic mass is 10.0. The van der Waals surface area contributed by atoms with Crippen LogP contribution in [0.2, 0.25) is 0 Å². The molecule has 0 saturated carbocycles. The number of nitrogens with zero attached hydrogens (tertiary/aromatic N) is 2. The Morgan fingerprint density at radius 2 is 1.80 bits per heavy atom. The summed E-state index contributed by atoms with van der Waals surface area (Å²) in [6, 6.07) is 21.8. The maximum absolute atomic E-state index is 11.5. The molecule has 0 atom stereocenters. The Hall–Kier alpha value is -4.08. The van der Waals surface area contributed by atoms with Crippen LogP contribution in [0.4, 0.5) is 0 Å². The number of ether oxygens (including phenoxy) is 1. The molecule has 5 aromatic rings. The van der Waals surface area contributed by atoms with Crippen molar-refractivity contribution in [2.75, 3.05) is 12.4 Å². The maximum atomic E-state index is 11.5. The second kappa shape index (κ2) is 12.8. The maximum Gasteiger partial charge on any atom is 0.307 e. The van der Waals surface area contributed by atoms with E-state index in [4.69, 9.17) is 9.84 Å². The Kier molecular flexibility index (Phi) is 8.83. The van der Waals surface area contributed by atoms with Crippen LogP contribution in [0.3, 0.4) is 0 Å². The van der Waals surface area contributed by atoms with Gasteiger partial charge in [0.1, 0.15) is 5.75 Å². The summed E-state index contributed by atoms with van der Waals surface area (Å²) in [7, 11) is 0. The fourth-order valence-corrected chi connectivity index (χ4v) is 6.51. The summed E-state index contributed by atoms with van der Waals surface area (Å²) in [5.74, 6) is -0.144. The van der Waals surface area contributed by atoms with Gasteiger partial charge in [-0.3, -0.25) is 9.59 Å². The molecule has 0 aliphatic rings. The van der Waals surface area contributed by atoms with Crippen molar-refractivity contribution in [2.45, 2.75) is 30.1 Å². The minimum absolute atomic E-state index is 0.0647. The number of carbonyl (C=O) groups is 2. The lowest BCUT2D eigenvalue weighted by Crippen LogP contribution is -2.01. The quantitative estimate of drug-likeness (QED) is 0.0883. The fraction of sp³-hybridized carbons (Fsp3) is 0.194. The van der Waals surface area contributed by atoms with Crippen molar-refractivity contribution in [3.63, 3.8) is 0 Å². The molecule has 0 fully saturated rings. The van der Waals surface area contributed by atoms with Crippen molar-refractivity contribution in [3.8, 4) is 5.75 Å². The van der Waals surface area contributed by atoms with E-state index in [1.165, 1.54) is 4.70 Å². The summed E-state index contributed by atoms with van der Waals surface area (Å²) in [5, 5.41) is 19.3. The highest BCUT2D eigenvalue weighted by molar-refractivity contribution is 8.01. The van der Waals surface area contributed by atoms with Gasteiger partial charge in [0, 0.05) is 35.8 Å². The number of rotatable bonds is 13. The summed E-state index contributed by atoms with van der Waals surface area (Å²) in [4.78, 5) is 27.1. The van der Waals surface area contributed by atoms with Crippen LogP contribution in [0.1, 0.15) is 29.5 Å². The summed E-state index contributed by atoms with van der Waals surface area (Å²) in [6.45, 7) is 1.09. The third kappa shape index (κ3) is 6.91. The van der Waals surface area contributed by atoms with Crippen LogP contribution in [0.5, 0.6) is 5.75 Å². The molecule has 0 aliphatic carbocycles. The predicted molar refractivity (Wildman–Crippen MR) is 161 cm³/mol. The smallest absolute Gasteiger partial charge is 0.307 e. The highest BCUT2D eigenvalue weighted by atomic mass is 32.2. The third-order valence-corrected chi connectivity index (χ3v) is 8.48. The zero-order valence-corrected chi connectivity index (χ0v) is 23.3. The van der Waals surface area contributed by atoms with Crippen LogP contribution in [0.15, 0.2) is 77.3 Å². The van der Waals surface area contributed by atoms with Gasteiger partial charge in [0.25, 0.3) is 0 Å². The van der Waals surface area contributed by atoms with E-state index in [1.807, 2.05) is 83.6 Å². The molecule has 2 N–H and O–H groups in total. The number of aromatic nitrogens is 2. The highest BCUT2D eigenvalue weighted by Crippen LogP contribution is 2.30. The number of carboxylic acids is 2. The molecule has 2 aromatic heterocycles. The van der Waals surface area contributed by atoms with Crippen molar-refractivity contribution < 1.29 is 24.5 Å². The molecule has 0 amide bonds. The first-order chi connectivity index (χ1) is 19.5. The molecule has 40 heavy (non-hydrogen) atoms. The number of hydrogen-bond donors (Lipinski definition) is 2. The largest absolute Gasteiger partial charge is 0.493 e. The van der Waals surface area contributed by atoms with Crippen LogP contribution in [-0.2, 0) is 22.6 Å². The fourth-order valence-electron chi connectivity index (χ4n) is 4.55. The number of carboxylic acid groups (broad SMARTS) is 2. The summed E-state index contributed by atoms with van der Waals surface area (Å²) in [5.41, 5.74) is 4.55. The Morgan fingerprint density at radius 3 is 2.58 bits per heavy atom. The summed E-state index contributed by atoms with van der Waals surface area (Å²) in [6.07, 6.45) is 6.25. The van der Waals surface area contributed by atoms with E-state index in [1.54, 1.807) is 23.1 Å². The number of aryl methyl sites for hydroxylation is 1. The van der Waals surface area contributed by atoms with Crippen LogP contribution in [-0.4, -0.2) is 44.1 Å². The molecule has 3 aromatic carbocycles. The van der Waals surface area contributed by atoms with Crippen LogP contribution >= 0.6 is 23.1 Å². The number of hydrogen-bond acceptors (Lipinski definition) is 6. The summed E-state index contributed by atoms with van der Waals surface area (Å²) < 4.78 is 10.1. The minimum atomic E-state index is -0.905. The van der Waals surface area contributed by atoms with Gasteiger partial charge >= 0.3 is 11.9 Å². The monoisotopic (exact) mass is 572 g/mol. The average molecular weight is 573 g/mol. The Labute approximate surface area is 239 Å². The van der Waals surface area contributed by atoms with Crippen molar-refractivity contribution in [1.29, 1.82) is 0 Å². The molecule has 5 rings (SSSR count). The van der Waals surface area contributed by atoms with E-state index in [9.17, 15) is 14.7 Å². The topological polar surface area (TPSA) is 102 Å². The first-order valence-electron chi connectivity index (χ1n) is 12.9. The van der Waals surface area contributed by atoms with Crippen molar-refractivity contribution in [1.82, 2.24) is 9.55 Å². The first-order valence-corrected chi connectivity index (χ1v) is 14.7. The highest BCUT2D eigenvalue weighted by Gasteiger charge is 2.14. The van der Waals surface area contributed by atoms with Gasteiger partial charge in [-0.15, -0.1) is 11.3 Å². The second-order valence-electron chi connectivity index (χ2n) is 9.20. The molecule has 0 bridgehead atoms. The molecule has 0 radical (unpaired) electrons. The van der Waals surface area contributed by atoms with Gasteiger partial charge in [-0.2, -0.15) is 0 Å². The van der Waals surface area contributed by atoms with Crippen LogP contribution in [0.25, 0.3) is 33.3 Å². The molecule has 9 heteroatoms. The first kappa shape index (κ1) is 27.5. The number of thioether (sulfide) groups is 1. The van der Waals surface area contributed by atoms with E-state index in [0.29, 0.717) is 25.1 Å².